The number of hydrogen-bond donors (Lipinski definition) is 1. The first kappa shape index (κ1) is 70.2. The van der Waals surface area contributed by atoms with Crippen LogP contribution < -0.4 is 10.2 Å². The van der Waals surface area contributed by atoms with Crippen molar-refractivity contribution in [2.75, 3.05) is 40.9 Å². The molecule has 3 unspecified atom stereocenters. The third-order valence-corrected chi connectivity index (χ3v) is 14.8. The van der Waals surface area contributed by atoms with E-state index in [0.717, 1.165) is 77.0 Å². The average Bonchev–Trinajstić information content (AvgIpc) is 3.34. The van der Waals surface area contributed by atoms with Crippen molar-refractivity contribution in [3.05, 3.63) is 36.5 Å². The molecule has 0 radical (unpaired) electrons. The minimum Gasteiger partial charge on any atom is -0.756 e. The summed E-state index contributed by atoms with van der Waals surface area (Å²) in [6.07, 6.45) is 62.5. The summed E-state index contributed by atoms with van der Waals surface area (Å²) in [5.41, 5.74) is 0. The van der Waals surface area contributed by atoms with Crippen LogP contribution in [-0.4, -0.2) is 69.4 Å². The van der Waals surface area contributed by atoms with Gasteiger partial charge >= 0.3 is 5.97 Å². The number of rotatable bonds is 56. The fourth-order valence-corrected chi connectivity index (χ4v) is 9.77. The minimum absolute atomic E-state index is 0.0220. The van der Waals surface area contributed by atoms with Gasteiger partial charge in [0.05, 0.1) is 33.8 Å². The number of ether oxygens (including phenoxy) is 1. The molecule has 0 saturated carbocycles. The average molecular weight is 1040 g/mol. The molecule has 1 amide bonds. The lowest BCUT2D eigenvalue weighted by molar-refractivity contribution is -0.870. The first-order valence-electron chi connectivity index (χ1n) is 30.8. The zero-order chi connectivity index (χ0) is 52.9. The van der Waals surface area contributed by atoms with Crippen molar-refractivity contribution in [1.82, 2.24) is 5.32 Å². The van der Waals surface area contributed by atoms with Crippen LogP contribution >= 0.6 is 7.82 Å². The molecule has 424 valence electrons. The number of amides is 1. The molecule has 0 heterocycles. The summed E-state index contributed by atoms with van der Waals surface area (Å²) in [6.45, 7) is 6.84. The van der Waals surface area contributed by atoms with Crippen LogP contribution in [0.15, 0.2) is 36.5 Å². The maximum atomic E-state index is 13.5. The van der Waals surface area contributed by atoms with Gasteiger partial charge in [-0.3, -0.25) is 14.2 Å². The Bertz CT molecular complexity index is 1330. The van der Waals surface area contributed by atoms with E-state index in [2.05, 4.69) is 50.4 Å². The second-order valence-electron chi connectivity index (χ2n) is 22.2. The van der Waals surface area contributed by atoms with Crippen LogP contribution in [0.3, 0.4) is 0 Å². The Morgan fingerprint density at radius 2 is 0.833 bits per heavy atom. The summed E-state index contributed by atoms with van der Waals surface area (Å²) in [5.74, 6) is -0.542. The number of nitrogens with zero attached hydrogens (tertiary/aromatic N) is 1. The molecule has 72 heavy (non-hydrogen) atoms. The minimum atomic E-state index is -4.69. The number of quaternary nitrogens is 1. The number of carbonyl (C=O) groups is 2. The summed E-state index contributed by atoms with van der Waals surface area (Å²) in [6, 6.07) is -0.888. The number of carbonyl (C=O) groups excluding carboxylic acids is 2. The second kappa shape index (κ2) is 52.7. The van der Waals surface area contributed by atoms with Crippen LogP contribution in [0.25, 0.3) is 0 Å². The van der Waals surface area contributed by atoms with E-state index in [1.165, 1.54) is 186 Å². The van der Waals surface area contributed by atoms with E-state index in [-0.39, 0.29) is 31.5 Å². The molecule has 10 heteroatoms. The zero-order valence-electron chi connectivity index (χ0n) is 48.4. The summed E-state index contributed by atoms with van der Waals surface area (Å²) < 4.78 is 30.3. The first-order chi connectivity index (χ1) is 34.9. The number of unbranched alkanes of at least 4 members (excludes halogenated alkanes) is 37. The Labute approximate surface area is 446 Å². The van der Waals surface area contributed by atoms with Crippen LogP contribution in [0, 0.1) is 0 Å². The molecule has 0 rings (SSSR count). The van der Waals surface area contributed by atoms with Gasteiger partial charge in [0, 0.05) is 12.8 Å². The number of hydrogen-bond acceptors (Lipinski definition) is 7. The van der Waals surface area contributed by atoms with Gasteiger partial charge < -0.3 is 28.5 Å². The van der Waals surface area contributed by atoms with E-state index in [4.69, 9.17) is 13.8 Å². The molecule has 0 saturated heterocycles. The second-order valence-corrected chi connectivity index (χ2v) is 23.7. The van der Waals surface area contributed by atoms with Crippen molar-refractivity contribution < 1.29 is 37.3 Å². The molecular formula is C62H119N2O7P. The molecule has 0 aromatic carbocycles. The molecule has 0 aliphatic rings. The molecule has 9 nitrogen and oxygen atoms in total. The van der Waals surface area contributed by atoms with Crippen molar-refractivity contribution in [3.63, 3.8) is 0 Å². The van der Waals surface area contributed by atoms with E-state index in [1.807, 2.05) is 33.3 Å². The van der Waals surface area contributed by atoms with E-state index in [0.29, 0.717) is 17.4 Å². The van der Waals surface area contributed by atoms with Crippen molar-refractivity contribution in [3.8, 4) is 0 Å². The smallest absolute Gasteiger partial charge is 0.306 e. The molecule has 0 bridgehead atoms. The van der Waals surface area contributed by atoms with Gasteiger partial charge in [0.2, 0.25) is 5.91 Å². The maximum Gasteiger partial charge on any atom is 0.306 e. The topological polar surface area (TPSA) is 114 Å². The number of phosphoric acid groups is 1. The molecule has 0 fully saturated rings. The fourth-order valence-electron chi connectivity index (χ4n) is 9.04. The highest BCUT2D eigenvalue weighted by Gasteiger charge is 2.27. The largest absolute Gasteiger partial charge is 0.756 e. The number of allylic oxidation sites excluding steroid dienone is 5. The van der Waals surface area contributed by atoms with Crippen molar-refractivity contribution in [1.29, 1.82) is 0 Å². The molecule has 0 spiro atoms. The van der Waals surface area contributed by atoms with E-state index < -0.39 is 20.0 Å². The molecule has 0 aromatic heterocycles. The predicted molar refractivity (Wildman–Crippen MR) is 307 cm³/mol. The quantitative estimate of drug-likeness (QED) is 0.0161. The Balaban J connectivity index is 5.24. The summed E-state index contributed by atoms with van der Waals surface area (Å²) in [7, 11) is 1.19. The van der Waals surface area contributed by atoms with Gasteiger partial charge in [0.15, 0.2) is 0 Å². The fraction of sp³-hybridized carbons (Fsp3) is 0.871. The highest BCUT2D eigenvalue weighted by atomic mass is 31.2. The van der Waals surface area contributed by atoms with E-state index in [9.17, 15) is 19.0 Å². The standard InChI is InChI=1S/C62H119N2O7P/c1-7-10-13-16-19-22-25-28-30-31-32-33-35-36-39-42-45-48-51-54-61(65)63-59(58-70-72(67,68)69-57-56-64(4,5)6)60(53-50-47-44-41-38-27-24-21-18-15-12-9-3)71-62(66)55-52-49-46-43-40-37-34-29-26-23-20-17-14-11-8-2/h20,23,26,29,50,53,59-60H,7-19,21-22,24-25,27-28,30-49,51-52,54-58H2,1-6H3,(H-,63,65,67,68)/b23-20+,29-26+,53-50+. The maximum absolute atomic E-state index is 13.5. The number of phosphoric ester groups is 1. The van der Waals surface area contributed by atoms with Gasteiger partial charge in [0.25, 0.3) is 7.82 Å². The Kier molecular flexibility index (Phi) is 51.4. The van der Waals surface area contributed by atoms with Crippen LogP contribution in [0.1, 0.15) is 297 Å². The summed E-state index contributed by atoms with van der Waals surface area (Å²) >= 11 is 0. The van der Waals surface area contributed by atoms with Crippen molar-refractivity contribution in [2.45, 2.75) is 309 Å². The third kappa shape index (κ3) is 53.1. The van der Waals surface area contributed by atoms with E-state index in [1.54, 1.807) is 0 Å². The number of likely N-dealkylation sites (N-methyl/N-ethyl adjacent to an activating group) is 1. The predicted octanol–water partition coefficient (Wildman–Crippen LogP) is 18.1. The summed E-state index contributed by atoms with van der Waals surface area (Å²) in [5, 5.41) is 3.03. The Hall–Kier alpha value is -1.77. The highest BCUT2D eigenvalue weighted by molar-refractivity contribution is 7.45. The van der Waals surface area contributed by atoms with Gasteiger partial charge in [-0.2, -0.15) is 0 Å². The van der Waals surface area contributed by atoms with Crippen molar-refractivity contribution >= 4 is 19.7 Å². The van der Waals surface area contributed by atoms with Gasteiger partial charge in [0.1, 0.15) is 19.3 Å². The van der Waals surface area contributed by atoms with Crippen LogP contribution in [-0.2, 0) is 27.9 Å². The molecule has 0 aromatic rings. The highest BCUT2D eigenvalue weighted by Crippen LogP contribution is 2.38. The SMILES string of the molecule is CCCCC/C=C/C=C/CCCCCCCCC(=O)OC(/C=C/CCCCCCCCCCCC)C(COP(=O)([O-])OCC[N+](C)(C)C)NC(=O)CCCCCCCCCCCCCCCCCCCCC. The normalized spacial score (nSPS) is 13.9. The lowest BCUT2D eigenvalue weighted by Crippen LogP contribution is -2.47. The lowest BCUT2D eigenvalue weighted by atomic mass is 10.0. The molecular weight excluding hydrogens is 916 g/mol. The zero-order valence-corrected chi connectivity index (χ0v) is 49.3. The molecule has 0 aliphatic heterocycles. The first-order valence-corrected chi connectivity index (χ1v) is 32.3. The van der Waals surface area contributed by atoms with E-state index >= 15 is 0 Å². The van der Waals surface area contributed by atoms with Gasteiger partial charge in [-0.25, -0.2) is 0 Å². The van der Waals surface area contributed by atoms with Crippen LogP contribution in [0.4, 0.5) is 0 Å². The summed E-state index contributed by atoms with van der Waals surface area (Å²) in [4.78, 5) is 39.9. The van der Waals surface area contributed by atoms with Gasteiger partial charge in [-0.15, -0.1) is 0 Å². The molecule has 3 atom stereocenters. The number of nitrogens with one attached hydrogen (secondary N) is 1. The Morgan fingerprint density at radius 1 is 0.486 bits per heavy atom. The van der Waals surface area contributed by atoms with Gasteiger partial charge in [-0.05, 0) is 57.4 Å². The molecule has 1 N–H and O–H groups in total. The van der Waals surface area contributed by atoms with Crippen molar-refractivity contribution in [2.24, 2.45) is 0 Å². The monoisotopic (exact) mass is 1030 g/mol. The van der Waals surface area contributed by atoms with Crippen LogP contribution in [0.2, 0.25) is 0 Å². The third-order valence-electron chi connectivity index (χ3n) is 13.9. The molecule has 0 aliphatic carbocycles. The lowest BCUT2D eigenvalue weighted by Gasteiger charge is -2.30. The number of esters is 1. The van der Waals surface area contributed by atoms with Gasteiger partial charge in [-0.1, -0.05) is 263 Å². The Morgan fingerprint density at radius 3 is 1.25 bits per heavy atom. The van der Waals surface area contributed by atoms with Crippen LogP contribution in [0.5, 0.6) is 0 Å².